The van der Waals surface area contributed by atoms with E-state index < -0.39 is 26.8 Å². The average Bonchev–Trinajstić information content (AvgIpc) is 3.18. The van der Waals surface area contributed by atoms with Crippen LogP contribution in [-0.4, -0.2) is 20.9 Å². The second-order valence-electron chi connectivity index (χ2n) is 6.53. The number of furan rings is 1. The molecule has 7 heteroatoms. The van der Waals surface area contributed by atoms with Crippen LogP contribution in [0.5, 0.6) is 0 Å². The zero-order valence-electron chi connectivity index (χ0n) is 15.5. The van der Waals surface area contributed by atoms with Gasteiger partial charge in [0.15, 0.2) is 9.84 Å². The van der Waals surface area contributed by atoms with Crippen LogP contribution in [0.2, 0.25) is 0 Å². The molecule has 5 nitrogen and oxygen atoms in total. The van der Waals surface area contributed by atoms with Gasteiger partial charge >= 0.3 is 0 Å². The smallest absolute Gasteiger partial charge is 0.251 e. The molecule has 0 saturated carbocycles. The molecule has 0 fully saturated rings. The summed E-state index contributed by atoms with van der Waals surface area (Å²) < 4.78 is 45.1. The summed E-state index contributed by atoms with van der Waals surface area (Å²) in [5.41, 5.74) is 1.67. The summed E-state index contributed by atoms with van der Waals surface area (Å²) in [6, 6.07) is 13.4. The fourth-order valence-electron chi connectivity index (χ4n) is 2.89. The molecule has 2 aromatic carbocycles. The van der Waals surface area contributed by atoms with Gasteiger partial charge in [0.05, 0.1) is 11.2 Å². The Balaban J connectivity index is 1.91. The summed E-state index contributed by atoms with van der Waals surface area (Å²) in [5, 5.41) is 1.53. The third kappa shape index (κ3) is 4.14. The number of sulfone groups is 1. The molecule has 0 bridgehead atoms. The summed E-state index contributed by atoms with van der Waals surface area (Å²) in [6.07, 6.45) is 1.39. The standard InChI is InChI=1S/C21H20FNO4S/c1-14-5-6-15(2)19(12-14)28(25,26)20(18-4-3-11-27-18)13-23-21(24)16-7-9-17(22)10-8-16/h3-12,20H,13H2,1-2H3,(H,23,24)/t20-/m1/s1. The minimum absolute atomic E-state index is 0.181. The zero-order valence-corrected chi connectivity index (χ0v) is 16.3. The van der Waals surface area contributed by atoms with Crippen molar-refractivity contribution in [1.82, 2.24) is 5.32 Å². The number of benzene rings is 2. The Morgan fingerprint density at radius 2 is 1.82 bits per heavy atom. The molecule has 1 heterocycles. The SMILES string of the molecule is Cc1ccc(C)c(S(=O)(=O)[C@H](CNC(=O)c2ccc(F)cc2)c2ccco2)c1. The third-order valence-corrected chi connectivity index (χ3v) is 6.64. The Labute approximate surface area is 163 Å². The fraction of sp³-hybridized carbons (Fsp3) is 0.190. The molecular weight excluding hydrogens is 381 g/mol. The molecule has 0 aliphatic carbocycles. The van der Waals surface area contributed by atoms with Gasteiger partial charge < -0.3 is 9.73 Å². The second-order valence-corrected chi connectivity index (χ2v) is 8.63. The van der Waals surface area contributed by atoms with Crippen molar-refractivity contribution in [1.29, 1.82) is 0 Å². The maximum atomic E-state index is 13.3. The Kier molecular flexibility index (Phi) is 5.65. The Morgan fingerprint density at radius 1 is 1.11 bits per heavy atom. The van der Waals surface area contributed by atoms with E-state index in [0.29, 0.717) is 5.56 Å². The van der Waals surface area contributed by atoms with E-state index in [1.165, 1.54) is 30.5 Å². The molecule has 28 heavy (non-hydrogen) atoms. The first-order valence-corrected chi connectivity index (χ1v) is 10.2. The number of aryl methyl sites for hydroxylation is 2. The predicted molar refractivity (Wildman–Crippen MR) is 103 cm³/mol. The Hall–Kier alpha value is -2.93. The number of amides is 1. The van der Waals surface area contributed by atoms with Crippen LogP contribution >= 0.6 is 0 Å². The summed E-state index contributed by atoms with van der Waals surface area (Å²) in [7, 11) is -3.83. The molecule has 3 aromatic rings. The van der Waals surface area contributed by atoms with Crippen molar-refractivity contribution in [2.75, 3.05) is 6.54 Å². The number of halogens is 1. The maximum Gasteiger partial charge on any atom is 0.251 e. The van der Waals surface area contributed by atoms with Crippen LogP contribution in [0, 0.1) is 19.7 Å². The van der Waals surface area contributed by atoms with Crippen molar-refractivity contribution in [3.05, 3.63) is 89.1 Å². The van der Waals surface area contributed by atoms with Crippen LogP contribution in [-0.2, 0) is 9.84 Å². The number of rotatable bonds is 6. The lowest BCUT2D eigenvalue weighted by Crippen LogP contribution is -2.32. The van der Waals surface area contributed by atoms with Gasteiger partial charge in [0.1, 0.15) is 16.8 Å². The molecule has 1 amide bonds. The van der Waals surface area contributed by atoms with E-state index in [4.69, 9.17) is 4.42 Å². The highest BCUT2D eigenvalue weighted by Gasteiger charge is 2.33. The van der Waals surface area contributed by atoms with E-state index in [9.17, 15) is 17.6 Å². The molecule has 146 valence electrons. The van der Waals surface area contributed by atoms with Crippen molar-refractivity contribution in [2.24, 2.45) is 0 Å². The van der Waals surface area contributed by atoms with Gasteiger partial charge in [-0.15, -0.1) is 0 Å². The summed E-state index contributed by atoms with van der Waals surface area (Å²) >= 11 is 0. The molecule has 1 aromatic heterocycles. The first-order chi connectivity index (χ1) is 13.3. The monoisotopic (exact) mass is 401 g/mol. The van der Waals surface area contributed by atoms with Gasteiger partial charge in [0.2, 0.25) is 0 Å². The van der Waals surface area contributed by atoms with Crippen molar-refractivity contribution < 1.29 is 22.0 Å². The van der Waals surface area contributed by atoms with Gasteiger partial charge in [-0.25, -0.2) is 12.8 Å². The minimum atomic E-state index is -3.83. The molecule has 0 saturated heterocycles. The van der Waals surface area contributed by atoms with Crippen LogP contribution in [0.4, 0.5) is 4.39 Å². The van der Waals surface area contributed by atoms with Gasteiger partial charge in [-0.1, -0.05) is 12.1 Å². The van der Waals surface area contributed by atoms with Crippen molar-refractivity contribution >= 4 is 15.7 Å². The van der Waals surface area contributed by atoms with E-state index in [2.05, 4.69) is 5.32 Å². The highest BCUT2D eigenvalue weighted by Crippen LogP contribution is 2.31. The lowest BCUT2D eigenvalue weighted by atomic mass is 10.2. The van der Waals surface area contributed by atoms with Crippen molar-refractivity contribution in [3.8, 4) is 0 Å². The van der Waals surface area contributed by atoms with Crippen LogP contribution in [0.15, 0.2) is 70.2 Å². The van der Waals surface area contributed by atoms with E-state index >= 15 is 0 Å². The second kappa shape index (κ2) is 7.98. The van der Waals surface area contributed by atoms with Gasteiger partial charge in [-0.3, -0.25) is 4.79 Å². The normalized spacial score (nSPS) is 12.5. The first-order valence-electron chi connectivity index (χ1n) is 8.67. The summed E-state index contributed by atoms with van der Waals surface area (Å²) in [4.78, 5) is 12.6. The number of hydrogen-bond donors (Lipinski definition) is 1. The molecule has 3 rings (SSSR count). The predicted octanol–water partition coefficient (Wildman–Crippen LogP) is 3.98. The van der Waals surface area contributed by atoms with Gasteiger partial charge in [0, 0.05) is 12.1 Å². The molecule has 1 N–H and O–H groups in total. The summed E-state index contributed by atoms with van der Waals surface area (Å²) in [5.74, 6) is -0.712. The minimum Gasteiger partial charge on any atom is -0.468 e. The largest absolute Gasteiger partial charge is 0.468 e. The molecule has 0 spiro atoms. The van der Waals surface area contributed by atoms with Crippen LogP contribution < -0.4 is 5.32 Å². The summed E-state index contributed by atoms with van der Waals surface area (Å²) in [6.45, 7) is 3.36. The van der Waals surface area contributed by atoms with Gasteiger partial charge in [-0.05, 0) is 67.4 Å². The lowest BCUT2D eigenvalue weighted by molar-refractivity contribution is 0.0953. The highest BCUT2D eigenvalue weighted by molar-refractivity contribution is 7.91. The van der Waals surface area contributed by atoms with Crippen LogP contribution in [0.25, 0.3) is 0 Å². The van der Waals surface area contributed by atoms with Gasteiger partial charge in [-0.2, -0.15) is 0 Å². The maximum absolute atomic E-state index is 13.3. The van der Waals surface area contributed by atoms with E-state index in [1.54, 1.807) is 31.2 Å². The van der Waals surface area contributed by atoms with Crippen molar-refractivity contribution in [2.45, 2.75) is 24.0 Å². The number of hydrogen-bond acceptors (Lipinski definition) is 4. The van der Waals surface area contributed by atoms with E-state index in [1.807, 2.05) is 13.0 Å². The van der Waals surface area contributed by atoms with E-state index in [-0.39, 0.29) is 22.8 Å². The van der Waals surface area contributed by atoms with E-state index in [0.717, 1.165) is 5.56 Å². The number of carbonyl (C=O) groups excluding carboxylic acids is 1. The highest BCUT2D eigenvalue weighted by atomic mass is 32.2. The lowest BCUT2D eigenvalue weighted by Gasteiger charge is -2.18. The molecule has 0 unspecified atom stereocenters. The molecule has 0 radical (unpaired) electrons. The molecule has 1 atom stereocenters. The van der Waals surface area contributed by atoms with Crippen LogP contribution in [0.1, 0.15) is 32.5 Å². The Morgan fingerprint density at radius 3 is 2.46 bits per heavy atom. The molecule has 0 aliphatic heterocycles. The average molecular weight is 401 g/mol. The van der Waals surface area contributed by atoms with Crippen LogP contribution in [0.3, 0.4) is 0 Å². The topological polar surface area (TPSA) is 76.4 Å². The number of carbonyl (C=O) groups is 1. The fourth-order valence-corrected chi connectivity index (χ4v) is 4.81. The Bertz CT molecular complexity index is 1070. The quantitative estimate of drug-likeness (QED) is 0.678. The molecular formula is C21H20FNO4S. The van der Waals surface area contributed by atoms with Gasteiger partial charge in [0.25, 0.3) is 5.91 Å². The third-order valence-electron chi connectivity index (χ3n) is 4.44. The first kappa shape index (κ1) is 19.8. The number of nitrogens with one attached hydrogen (secondary N) is 1. The molecule has 0 aliphatic rings. The van der Waals surface area contributed by atoms with Crippen molar-refractivity contribution in [3.63, 3.8) is 0 Å². The zero-order chi connectivity index (χ0) is 20.3.